The second-order valence-corrected chi connectivity index (χ2v) is 3.61. The molecule has 1 fully saturated rings. The summed E-state index contributed by atoms with van der Waals surface area (Å²) in [6.07, 6.45) is 1.11. The number of rotatable bonds is 3. The summed E-state index contributed by atoms with van der Waals surface area (Å²) in [5.74, 6) is 0. The molecule has 1 rings (SSSR count). The summed E-state index contributed by atoms with van der Waals surface area (Å²) in [4.78, 5) is 0. The van der Waals surface area contributed by atoms with E-state index in [4.69, 9.17) is 22.1 Å². The topological polar surface area (TPSA) is 27.7 Å². The number of hydrogen-bond acceptors (Lipinski definition) is 3. The number of hydrogen-bond donors (Lipinski definition) is 0. The maximum absolute atomic E-state index is 5.68. The summed E-state index contributed by atoms with van der Waals surface area (Å²) >= 11 is 0. The summed E-state index contributed by atoms with van der Waals surface area (Å²) in [7, 11) is 7.32. The van der Waals surface area contributed by atoms with Crippen molar-refractivity contribution in [1.82, 2.24) is 0 Å². The summed E-state index contributed by atoms with van der Waals surface area (Å²) in [6.45, 7) is 4.59. The predicted octanol–water partition coefficient (Wildman–Crippen LogP) is 0.710. The Kier molecular flexibility index (Phi) is 4.23. The molecular weight excluding hydrogens is 167 g/mol. The average Bonchev–Trinajstić information content (AvgIpc) is 2.07. The molecule has 13 heavy (non-hydrogen) atoms. The van der Waals surface area contributed by atoms with Gasteiger partial charge in [0.2, 0.25) is 0 Å². The van der Waals surface area contributed by atoms with Gasteiger partial charge in [0, 0.05) is 19.5 Å². The maximum Gasteiger partial charge on any atom is 0.112 e. The van der Waals surface area contributed by atoms with E-state index in [1.54, 1.807) is 7.11 Å². The van der Waals surface area contributed by atoms with Crippen LogP contribution in [-0.2, 0) is 14.2 Å². The second kappa shape index (κ2) is 4.98. The normalized spacial score (nSPS) is 35.2. The smallest absolute Gasteiger partial charge is 0.112 e. The van der Waals surface area contributed by atoms with Crippen LogP contribution in [0.15, 0.2) is 0 Å². The van der Waals surface area contributed by atoms with Gasteiger partial charge in [-0.25, -0.2) is 0 Å². The minimum absolute atomic E-state index is 0.0440. The van der Waals surface area contributed by atoms with Gasteiger partial charge < -0.3 is 14.2 Å². The summed E-state index contributed by atoms with van der Waals surface area (Å²) in [5.41, 5.74) is 0. The molecule has 0 aromatic heterocycles. The molecule has 0 aromatic rings. The Labute approximate surface area is 81.1 Å². The third kappa shape index (κ3) is 3.29. The van der Waals surface area contributed by atoms with Gasteiger partial charge in [-0.2, -0.15) is 0 Å². The molecule has 4 heteroatoms. The molecule has 2 radical (unpaired) electrons. The quantitative estimate of drug-likeness (QED) is 0.604. The fourth-order valence-electron chi connectivity index (χ4n) is 1.50. The van der Waals surface area contributed by atoms with Crippen LogP contribution in [-0.4, -0.2) is 45.9 Å². The second-order valence-electron chi connectivity index (χ2n) is 3.61. The molecule has 0 bridgehead atoms. The van der Waals surface area contributed by atoms with Crippen LogP contribution < -0.4 is 0 Å². The van der Waals surface area contributed by atoms with Crippen molar-refractivity contribution in [3.63, 3.8) is 0 Å². The van der Waals surface area contributed by atoms with Gasteiger partial charge in [0.15, 0.2) is 0 Å². The zero-order valence-corrected chi connectivity index (χ0v) is 8.53. The Morgan fingerprint density at radius 3 is 2.69 bits per heavy atom. The van der Waals surface area contributed by atoms with Gasteiger partial charge in [0.05, 0.1) is 24.9 Å². The minimum atomic E-state index is -0.308. The molecule has 0 aliphatic carbocycles. The molecule has 74 valence electrons. The SMILES string of the molecule is [B][C@@H]1OCC(OC(C)C)C[C@@H]1OC. The van der Waals surface area contributed by atoms with E-state index in [0.29, 0.717) is 6.61 Å². The van der Waals surface area contributed by atoms with Crippen molar-refractivity contribution in [1.29, 1.82) is 0 Å². The van der Waals surface area contributed by atoms with Gasteiger partial charge in [-0.3, -0.25) is 0 Å². The van der Waals surface area contributed by atoms with E-state index < -0.39 is 0 Å². The number of methoxy groups -OCH3 is 1. The molecule has 1 saturated heterocycles. The highest BCUT2D eigenvalue weighted by Gasteiger charge is 2.28. The lowest BCUT2D eigenvalue weighted by Crippen LogP contribution is -2.44. The Morgan fingerprint density at radius 2 is 2.15 bits per heavy atom. The summed E-state index contributed by atoms with van der Waals surface area (Å²) in [6, 6.07) is -0.308. The van der Waals surface area contributed by atoms with E-state index in [1.165, 1.54) is 0 Å². The van der Waals surface area contributed by atoms with Crippen molar-refractivity contribution in [2.24, 2.45) is 0 Å². The predicted molar refractivity (Wildman–Crippen MR) is 50.9 cm³/mol. The van der Waals surface area contributed by atoms with Crippen LogP contribution in [0.1, 0.15) is 20.3 Å². The molecule has 0 aromatic carbocycles. The number of ether oxygens (including phenoxy) is 3. The molecular formula is C9H17BO3. The van der Waals surface area contributed by atoms with Gasteiger partial charge >= 0.3 is 0 Å². The first-order valence-electron chi connectivity index (χ1n) is 4.69. The molecule has 3 atom stereocenters. The van der Waals surface area contributed by atoms with Gasteiger partial charge in [0.25, 0.3) is 0 Å². The van der Waals surface area contributed by atoms with Gasteiger partial charge in [-0.1, -0.05) is 0 Å². The van der Waals surface area contributed by atoms with Crippen LogP contribution in [0.3, 0.4) is 0 Å². The van der Waals surface area contributed by atoms with Gasteiger partial charge in [0.1, 0.15) is 7.85 Å². The van der Waals surface area contributed by atoms with Gasteiger partial charge in [-0.05, 0) is 13.8 Å². The molecule has 3 nitrogen and oxygen atoms in total. The lowest BCUT2D eigenvalue weighted by atomic mass is 9.88. The van der Waals surface area contributed by atoms with Crippen molar-refractivity contribution in [2.45, 2.75) is 44.6 Å². The molecule has 0 saturated carbocycles. The molecule has 0 spiro atoms. The molecule has 0 N–H and O–H groups in total. The fraction of sp³-hybridized carbons (Fsp3) is 1.00. The van der Waals surface area contributed by atoms with Crippen molar-refractivity contribution in [3.8, 4) is 0 Å². The highest BCUT2D eigenvalue weighted by Crippen LogP contribution is 2.18. The zero-order valence-electron chi connectivity index (χ0n) is 8.53. The van der Waals surface area contributed by atoms with Crippen molar-refractivity contribution in [3.05, 3.63) is 0 Å². The van der Waals surface area contributed by atoms with E-state index in [-0.39, 0.29) is 24.3 Å². The Hall–Kier alpha value is -0.0551. The third-order valence-corrected chi connectivity index (χ3v) is 2.10. The van der Waals surface area contributed by atoms with Crippen LogP contribution in [0.5, 0.6) is 0 Å². The lowest BCUT2D eigenvalue weighted by Gasteiger charge is -2.34. The van der Waals surface area contributed by atoms with E-state index >= 15 is 0 Å². The molecule has 1 aliphatic heterocycles. The Bertz CT molecular complexity index is 152. The zero-order chi connectivity index (χ0) is 9.84. The van der Waals surface area contributed by atoms with E-state index in [1.807, 2.05) is 13.8 Å². The van der Waals surface area contributed by atoms with E-state index in [2.05, 4.69) is 0 Å². The molecule has 1 unspecified atom stereocenters. The molecule has 1 heterocycles. The first kappa shape index (κ1) is 11.0. The highest BCUT2D eigenvalue weighted by atomic mass is 16.6. The monoisotopic (exact) mass is 184 g/mol. The van der Waals surface area contributed by atoms with E-state index in [0.717, 1.165) is 6.42 Å². The first-order chi connectivity index (χ1) is 6.13. The van der Waals surface area contributed by atoms with Crippen LogP contribution in [0.25, 0.3) is 0 Å². The van der Waals surface area contributed by atoms with Crippen molar-refractivity contribution in [2.75, 3.05) is 13.7 Å². The lowest BCUT2D eigenvalue weighted by molar-refractivity contribution is -0.136. The maximum atomic E-state index is 5.68. The molecule has 1 aliphatic rings. The third-order valence-electron chi connectivity index (χ3n) is 2.10. The van der Waals surface area contributed by atoms with Crippen molar-refractivity contribution < 1.29 is 14.2 Å². The summed E-state index contributed by atoms with van der Waals surface area (Å²) in [5, 5.41) is 0. The molecule has 0 amide bonds. The van der Waals surface area contributed by atoms with Crippen LogP contribution in [0.4, 0.5) is 0 Å². The van der Waals surface area contributed by atoms with Gasteiger partial charge in [-0.15, -0.1) is 0 Å². The standard InChI is InChI=1S/C9H17BO3/c1-6(2)13-7-4-8(11-3)9(10)12-5-7/h6-9H,4-5H2,1-3H3/t7?,8-,9+/m0/s1. The van der Waals surface area contributed by atoms with Crippen molar-refractivity contribution >= 4 is 7.85 Å². The van der Waals surface area contributed by atoms with Crippen LogP contribution in [0.2, 0.25) is 0 Å². The van der Waals surface area contributed by atoms with Crippen LogP contribution in [0, 0.1) is 0 Å². The van der Waals surface area contributed by atoms with Crippen LogP contribution >= 0.6 is 0 Å². The fourth-order valence-corrected chi connectivity index (χ4v) is 1.50. The Morgan fingerprint density at radius 1 is 1.46 bits per heavy atom. The highest BCUT2D eigenvalue weighted by molar-refractivity contribution is 6.11. The Balaban J connectivity index is 2.36. The van der Waals surface area contributed by atoms with E-state index in [9.17, 15) is 0 Å². The average molecular weight is 184 g/mol. The largest absolute Gasteiger partial charge is 0.383 e. The minimum Gasteiger partial charge on any atom is -0.383 e. The first-order valence-corrected chi connectivity index (χ1v) is 4.69. The summed E-state index contributed by atoms with van der Waals surface area (Å²) < 4.78 is 16.1.